The van der Waals surface area contributed by atoms with Gasteiger partial charge in [-0.1, -0.05) is 37.3 Å². The Morgan fingerprint density at radius 3 is 2.48 bits per heavy atom. The minimum atomic E-state index is -0.207. The number of hydrogen-bond acceptors (Lipinski definition) is 4. The smallest absolute Gasteiger partial charge is 0.307 e. The summed E-state index contributed by atoms with van der Waals surface area (Å²) in [6, 6.07) is 11.2. The molecule has 1 unspecified atom stereocenters. The van der Waals surface area contributed by atoms with Crippen molar-refractivity contribution in [1.29, 1.82) is 0 Å². The molecule has 6 heteroatoms. The molecule has 0 aliphatic carbocycles. The van der Waals surface area contributed by atoms with Crippen LogP contribution < -0.4 is 5.32 Å². The molecule has 1 fully saturated rings. The Morgan fingerprint density at radius 1 is 1.24 bits per heavy atom. The second-order valence-electron chi connectivity index (χ2n) is 6.16. The number of hydrogen-bond donors (Lipinski definition) is 1. The number of guanidine groups is 1. The van der Waals surface area contributed by atoms with Gasteiger partial charge in [-0.25, -0.2) is 0 Å². The fourth-order valence-corrected chi connectivity index (χ4v) is 3.34. The molecular weight excluding hydrogens is 316 g/mol. The van der Waals surface area contributed by atoms with E-state index in [-0.39, 0.29) is 5.97 Å². The molecule has 1 aliphatic rings. The van der Waals surface area contributed by atoms with E-state index in [1.807, 2.05) is 0 Å². The molecule has 138 valence electrons. The lowest BCUT2D eigenvalue weighted by Crippen LogP contribution is -2.53. The van der Waals surface area contributed by atoms with Gasteiger partial charge in [0.1, 0.15) is 0 Å². The number of rotatable bonds is 6. The quantitative estimate of drug-likeness (QED) is 0.484. The monoisotopic (exact) mass is 346 g/mol. The number of aliphatic imine (C=N–C) groups is 1. The van der Waals surface area contributed by atoms with Crippen molar-refractivity contribution < 1.29 is 9.53 Å². The lowest BCUT2D eigenvalue weighted by Gasteiger charge is -2.40. The molecule has 1 N–H and O–H groups in total. The van der Waals surface area contributed by atoms with E-state index in [2.05, 4.69) is 62.1 Å². The lowest BCUT2D eigenvalue weighted by atomic mass is 10.0. The van der Waals surface area contributed by atoms with Crippen LogP contribution in [-0.2, 0) is 9.53 Å². The molecule has 6 nitrogen and oxygen atoms in total. The molecule has 1 aromatic rings. The number of methoxy groups -OCH3 is 1. The second-order valence-corrected chi connectivity index (χ2v) is 6.16. The van der Waals surface area contributed by atoms with Crippen LogP contribution >= 0.6 is 0 Å². The average molecular weight is 346 g/mol. The van der Waals surface area contributed by atoms with Crippen LogP contribution in [0.15, 0.2) is 35.3 Å². The zero-order valence-corrected chi connectivity index (χ0v) is 15.6. The SMILES string of the molecule is CCC(c1ccccc1)N1CCN(C(=NC)NCCC(=O)OC)CC1. The van der Waals surface area contributed by atoms with Gasteiger partial charge in [-0.2, -0.15) is 0 Å². The Hall–Kier alpha value is -2.08. The Labute approximate surface area is 150 Å². The molecule has 1 saturated heterocycles. The average Bonchev–Trinajstić information content (AvgIpc) is 2.67. The van der Waals surface area contributed by atoms with E-state index in [0.717, 1.165) is 38.6 Å². The molecule has 25 heavy (non-hydrogen) atoms. The molecule has 2 rings (SSSR count). The highest BCUT2D eigenvalue weighted by atomic mass is 16.5. The highest BCUT2D eigenvalue weighted by Gasteiger charge is 2.25. The van der Waals surface area contributed by atoms with E-state index in [1.165, 1.54) is 12.7 Å². The Balaban J connectivity index is 1.86. The molecule has 0 amide bonds. The van der Waals surface area contributed by atoms with E-state index in [4.69, 9.17) is 0 Å². The number of carbonyl (C=O) groups is 1. The third-order valence-electron chi connectivity index (χ3n) is 4.68. The van der Waals surface area contributed by atoms with Crippen LogP contribution in [0.25, 0.3) is 0 Å². The van der Waals surface area contributed by atoms with Crippen molar-refractivity contribution in [2.75, 3.05) is 46.9 Å². The third-order valence-corrected chi connectivity index (χ3v) is 4.68. The number of carbonyl (C=O) groups excluding carboxylic acids is 1. The predicted octanol–water partition coefficient (Wildman–Crippen LogP) is 1.89. The van der Waals surface area contributed by atoms with Crippen molar-refractivity contribution in [3.63, 3.8) is 0 Å². The summed E-state index contributed by atoms with van der Waals surface area (Å²) >= 11 is 0. The second kappa shape index (κ2) is 10.0. The summed E-state index contributed by atoms with van der Waals surface area (Å²) in [7, 11) is 3.19. The summed E-state index contributed by atoms with van der Waals surface area (Å²) in [4.78, 5) is 20.4. The van der Waals surface area contributed by atoms with Gasteiger partial charge in [0.15, 0.2) is 5.96 Å². The van der Waals surface area contributed by atoms with E-state index in [0.29, 0.717) is 19.0 Å². The van der Waals surface area contributed by atoms with Gasteiger partial charge in [-0.3, -0.25) is 14.7 Å². The molecule has 0 bridgehead atoms. The first-order valence-corrected chi connectivity index (χ1v) is 9.01. The van der Waals surface area contributed by atoms with Crippen molar-refractivity contribution in [2.24, 2.45) is 4.99 Å². The van der Waals surface area contributed by atoms with Crippen LogP contribution in [0.3, 0.4) is 0 Å². The highest BCUT2D eigenvalue weighted by molar-refractivity contribution is 5.80. The van der Waals surface area contributed by atoms with Crippen LogP contribution in [0.2, 0.25) is 0 Å². The fourth-order valence-electron chi connectivity index (χ4n) is 3.34. The number of esters is 1. The van der Waals surface area contributed by atoms with Gasteiger partial charge in [0.05, 0.1) is 13.5 Å². The van der Waals surface area contributed by atoms with E-state index >= 15 is 0 Å². The molecular formula is C19H30N4O2. The summed E-state index contributed by atoms with van der Waals surface area (Å²) in [5, 5.41) is 3.25. The van der Waals surface area contributed by atoms with E-state index in [9.17, 15) is 4.79 Å². The number of nitrogens with one attached hydrogen (secondary N) is 1. The summed E-state index contributed by atoms with van der Waals surface area (Å²) in [5.41, 5.74) is 1.39. The first-order chi connectivity index (χ1) is 12.2. The van der Waals surface area contributed by atoms with Crippen LogP contribution in [0.5, 0.6) is 0 Å². The van der Waals surface area contributed by atoms with Crippen molar-refractivity contribution >= 4 is 11.9 Å². The normalized spacial score (nSPS) is 17.2. The first kappa shape index (κ1) is 19.2. The van der Waals surface area contributed by atoms with E-state index in [1.54, 1.807) is 7.05 Å². The summed E-state index contributed by atoms with van der Waals surface area (Å²) in [6.45, 7) is 6.66. The largest absolute Gasteiger partial charge is 0.469 e. The first-order valence-electron chi connectivity index (χ1n) is 9.01. The van der Waals surface area contributed by atoms with Gasteiger partial charge >= 0.3 is 5.97 Å². The topological polar surface area (TPSA) is 57.2 Å². The van der Waals surface area contributed by atoms with Crippen molar-refractivity contribution in [2.45, 2.75) is 25.8 Å². The van der Waals surface area contributed by atoms with Gasteiger partial charge in [-0.15, -0.1) is 0 Å². The van der Waals surface area contributed by atoms with Gasteiger partial charge in [0.25, 0.3) is 0 Å². The Bertz CT molecular complexity index is 554. The minimum Gasteiger partial charge on any atom is -0.469 e. The van der Waals surface area contributed by atoms with Gasteiger partial charge in [0, 0.05) is 45.8 Å². The van der Waals surface area contributed by atoms with Crippen LogP contribution in [0.4, 0.5) is 0 Å². The number of piperazine rings is 1. The minimum absolute atomic E-state index is 0.207. The number of nitrogens with zero attached hydrogens (tertiary/aromatic N) is 3. The molecule has 0 saturated carbocycles. The lowest BCUT2D eigenvalue weighted by molar-refractivity contribution is -0.140. The summed E-state index contributed by atoms with van der Waals surface area (Å²) < 4.78 is 4.67. The zero-order valence-electron chi connectivity index (χ0n) is 15.6. The van der Waals surface area contributed by atoms with Gasteiger partial charge in [-0.05, 0) is 12.0 Å². The Morgan fingerprint density at radius 2 is 1.92 bits per heavy atom. The maximum Gasteiger partial charge on any atom is 0.307 e. The summed E-state index contributed by atoms with van der Waals surface area (Å²) in [6.07, 6.45) is 1.46. The maximum absolute atomic E-state index is 11.2. The maximum atomic E-state index is 11.2. The third kappa shape index (κ3) is 5.46. The highest BCUT2D eigenvalue weighted by Crippen LogP contribution is 2.25. The number of ether oxygens (including phenoxy) is 1. The molecule has 0 spiro atoms. The van der Waals surface area contributed by atoms with E-state index < -0.39 is 0 Å². The van der Waals surface area contributed by atoms with Crippen LogP contribution in [0.1, 0.15) is 31.4 Å². The molecule has 1 heterocycles. The molecule has 1 atom stereocenters. The van der Waals surface area contributed by atoms with Gasteiger partial charge in [0.2, 0.25) is 0 Å². The zero-order chi connectivity index (χ0) is 18.1. The van der Waals surface area contributed by atoms with Crippen LogP contribution in [0, 0.1) is 0 Å². The molecule has 1 aromatic carbocycles. The van der Waals surface area contributed by atoms with Crippen molar-refractivity contribution in [1.82, 2.24) is 15.1 Å². The fraction of sp³-hybridized carbons (Fsp3) is 0.579. The van der Waals surface area contributed by atoms with Crippen molar-refractivity contribution in [3.05, 3.63) is 35.9 Å². The standard InChI is InChI=1S/C19H30N4O2/c1-4-17(16-8-6-5-7-9-16)22-12-14-23(15-13-22)19(20-2)21-11-10-18(24)25-3/h5-9,17H,4,10-15H2,1-3H3,(H,20,21). The van der Waals surface area contributed by atoms with Crippen molar-refractivity contribution in [3.8, 4) is 0 Å². The number of benzene rings is 1. The molecule has 0 aromatic heterocycles. The molecule has 1 aliphatic heterocycles. The van der Waals surface area contributed by atoms with Gasteiger partial charge < -0.3 is 15.0 Å². The molecule has 0 radical (unpaired) electrons. The predicted molar refractivity (Wildman–Crippen MR) is 101 cm³/mol. The Kier molecular flexibility index (Phi) is 7.73. The summed E-state index contributed by atoms with van der Waals surface area (Å²) in [5.74, 6) is 0.651. The van der Waals surface area contributed by atoms with Crippen LogP contribution in [-0.4, -0.2) is 68.6 Å².